The zero-order chi connectivity index (χ0) is 17.7. The van der Waals surface area contributed by atoms with E-state index in [1.165, 1.54) is 16.2 Å². The molecule has 132 valence electrons. The van der Waals surface area contributed by atoms with Gasteiger partial charge in [0, 0.05) is 26.3 Å². The highest BCUT2D eigenvalue weighted by Crippen LogP contribution is 2.24. The maximum absolute atomic E-state index is 12.5. The number of imidazole rings is 1. The van der Waals surface area contributed by atoms with Crippen LogP contribution in [0.1, 0.15) is 18.9 Å². The summed E-state index contributed by atoms with van der Waals surface area (Å²) in [5.41, 5.74) is 0.0747. The molecule has 0 bridgehead atoms. The van der Waals surface area contributed by atoms with Gasteiger partial charge in [0.15, 0.2) is 5.65 Å². The van der Waals surface area contributed by atoms with Gasteiger partial charge in [0.1, 0.15) is 5.52 Å². The Morgan fingerprint density at radius 1 is 1.21 bits per heavy atom. The Kier molecular flexibility index (Phi) is 4.00. The van der Waals surface area contributed by atoms with E-state index in [1.54, 1.807) is 0 Å². The fraction of sp³-hybridized carbons (Fsp3) is 0.583. The first kappa shape index (κ1) is 17.0. The molecular weight excluding hydrogens is 360 g/mol. The highest BCUT2D eigenvalue weighted by Gasteiger charge is 2.32. The summed E-state index contributed by atoms with van der Waals surface area (Å²) in [6, 6.07) is -0.196. The third kappa shape index (κ3) is 2.54. The van der Waals surface area contributed by atoms with E-state index >= 15 is 0 Å². The molecule has 3 heterocycles. The summed E-state index contributed by atoms with van der Waals surface area (Å²) in [5.74, 6) is 0. The van der Waals surface area contributed by atoms with Crippen LogP contribution >= 0.6 is 0 Å². The van der Waals surface area contributed by atoms with Crippen molar-refractivity contribution >= 4 is 28.9 Å². The van der Waals surface area contributed by atoms with E-state index in [1.807, 2.05) is 0 Å². The zero-order valence-corrected chi connectivity index (χ0v) is 14.7. The normalized spacial score (nSPS) is 17.4. The van der Waals surface area contributed by atoms with Crippen molar-refractivity contribution in [1.82, 2.24) is 19.1 Å². The first-order valence-corrected chi connectivity index (χ1v) is 11.0. The van der Waals surface area contributed by atoms with Crippen LogP contribution in [0.25, 0.3) is 11.2 Å². The van der Waals surface area contributed by atoms with Crippen molar-refractivity contribution in [2.75, 3.05) is 19.5 Å². The molecule has 0 saturated carbocycles. The molecule has 0 amide bonds. The molecule has 1 aliphatic heterocycles. The van der Waals surface area contributed by atoms with E-state index in [0.717, 1.165) is 6.20 Å². The lowest BCUT2D eigenvalue weighted by Crippen LogP contribution is -2.30. The van der Waals surface area contributed by atoms with E-state index < -0.39 is 22.9 Å². The Morgan fingerprint density at radius 3 is 2.42 bits per heavy atom. The van der Waals surface area contributed by atoms with Crippen molar-refractivity contribution in [3.63, 3.8) is 0 Å². The van der Waals surface area contributed by atoms with Gasteiger partial charge in [0.25, 0.3) is 14.0 Å². The van der Waals surface area contributed by atoms with E-state index in [0.29, 0.717) is 37.8 Å². The Labute approximate surface area is 137 Å². The van der Waals surface area contributed by atoms with Gasteiger partial charge in [0.05, 0.1) is 12.5 Å². The third-order valence-electron chi connectivity index (χ3n) is 3.99. The van der Waals surface area contributed by atoms with Gasteiger partial charge in [-0.1, -0.05) is 0 Å². The molecule has 0 N–H and O–H groups in total. The minimum absolute atomic E-state index is 0.103. The molecule has 24 heavy (non-hydrogen) atoms. The highest BCUT2D eigenvalue weighted by molar-refractivity contribution is 8.66. The molecule has 0 spiro atoms. The van der Waals surface area contributed by atoms with Crippen LogP contribution < -0.4 is 5.69 Å². The topological polar surface area (TPSA) is 130 Å². The van der Waals surface area contributed by atoms with Crippen LogP contribution in [0.2, 0.25) is 0 Å². The Balaban J connectivity index is 2.28. The first-order chi connectivity index (χ1) is 11.1. The van der Waals surface area contributed by atoms with Crippen LogP contribution in [0.4, 0.5) is 0 Å². The molecule has 1 aliphatic rings. The molecule has 0 aromatic carbocycles. The second-order valence-corrected chi connectivity index (χ2v) is 11.4. The highest BCUT2D eigenvalue weighted by atomic mass is 33.2. The minimum Gasteiger partial charge on any atom is -0.381 e. The molecule has 3 rings (SSSR count). The summed E-state index contributed by atoms with van der Waals surface area (Å²) in [5, 5.41) is -0.830. The summed E-state index contributed by atoms with van der Waals surface area (Å²) < 4.78 is 55.0. The first-order valence-electron chi connectivity index (χ1n) is 7.11. The van der Waals surface area contributed by atoms with E-state index in [4.69, 9.17) is 4.74 Å². The summed E-state index contributed by atoms with van der Waals surface area (Å²) in [4.78, 5) is 20.0. The zero-order valence-electron chi connectivity index (χ0n) is 13.0. The number of hydrogen-bond acceptors (Lipinski definition) is 8. The lowest BCUT2D eigenvalue weighted by molar-refractivity contribution is 0.0695. The van der Waals surface area contributed by atoms with Gasteiger partial charge in [-0.3, -0.25) is 9.13 Å². The molecule has 12 heteroatoms. The summed E-state index contributed by atoms with van der Waals surface area (Å²) >= 11 is 0. The van der Waals surface area contributed by atoms with Gasteiger partial charge in [-0.15, -0.1) is 0 Å². The second kappa shape index (κ2) is 5.63. The number of ether oxygens (including phenoxy) is 1. The van der Waals surface area contributed by atoms with Crippen molar-refractivity contribution in [1.29, 1.82) is 0 Å². The van der Waals surface area contributed by atoms with E-state index in [-0.39, 0.29) is 17.4 Å². The van der Waals surface area contributed by atoms with Crippen molar-refractivity contribution in [2.45, 2.75) is 24.0 Å². The van der Waals surface area contributed by atoms with Gasteiger partial charge in [-0.2, -0.15) is 4.98 Å². The van der Waals surface area contributed by atoms with Crippen LogP contribution in [0.15, 0.2) is 16.1 Å². The van der Waals surface area contributed by atoms with Crippen molar-refractivity contribution in [2.24, 2.45) is 7.05 Å². The van der Waals surface area contributed by atoms with Crippen LogP contribution in [0, 0.1) is 0 Å². The van der Waals surface area contributed by atoms with Crippen LogP contribution in [0.5, 0.6) is 0 Å². The Bertz CT molecular complexity index is 1060. The molecule has 0 unspecified atom stereocenters. The lowest BCUT2D eigenvalue weighted by Gasteiger charge is -2.22. The van der Waals surface area contributed by atoms with Gasteiger partial charge in [-0.25, -0.2) is 26.6 Å². The summed E-state index contributed by atoms with van der Waals surface area (Å²) in [6.07, 6.45) is 2.89. The minimum atomic E-state index is -4.72. The smallest absolute Gasteiger partial charge is 0.330 e. The number of rotatable bonds is 3. The summed E-state index contributed by atoms with van der Waals surface area (Å²) in [7, 11) is -7.63. The molecule has 10 nitrogen and oxygen atoms in total. The molecule has 0 radical (unpaired) electrons. The standard InChI is InChI=1S/C12H16N4O6S2/c1-15-9-7-13-11(24(20,21)23(2,18)19)14-10(9)16(12(15)17)8-3-5-22-6-4-8/h7-8H,3-6H2,1-2H3. The van der Waals surface area contributed by atoms with Gasteiger partial charge in [-0.05, 0) is 12.8 Å². The fourth-order valence-electron chi connectivity index (χ4n) is 2.65. The van der Waals surface area contributed by atoms with Crippen molar-refractivity contribution < 1.29 is 21.6 Å². The number of aryl methyl sites for hydroxylation is 1. The molecule has 1 saturated heterocycles. The van der Waals surface area contributed by atoms with E-state index in [2.05, 4.69) is 9.97 Å². The van der Waals surface area contributed by atoms with Crippen molar-refractivity contribution in [3.8, 4) is 0 Å². The Hall–Kier alpha value is -1.79. The maximum atomic E-state index is 12.5. The average molecular weight is 376 g/mol. The van der Waals surface area contributed by atoms with E-state index in [9.17, 15) is 21.6 Å². The predicted octanol–water partition coefficient (Wildman–Crippen LogP) is -0.785. The number of nitrogens with zero attached hydrogens (tertiary/aromatic N) is 4. The number of hydrogen-bond donors (Lipinski definition) is 0. The second-order valence-electron chi connectivity index (χ2n) is 5.57. The van der Waals surface area contributed by atoms with Gasteiger partial charge in [0.2, 0.25) is 0 Å². The molecule has 0 atom stereocenters. The molecule has 1 fully saturated rings. The molecule has 0 aliphatic carbocycles. The number of fused-ring (bicyclic) bond motifs is 1. The Morgan fingerprint density at radius 2 is 1.83 bits per heavy atom. The number of aromatic nitrogens is 4. The fourth-order valence-corrected chi connectivity index (χ4v) is 4.35. The quantitative estimate of drug-likeness (QED) is 0.503. The van der Waals surface area contributed by atoms with Crippen LogP contribution in [-0.2, 0) is 29.5 Å². The van der Waals surface area contributed by atoms with Crippen LogP contribution in [0.3, 0.4) is 0 Å². The predicted molar refractivity (Wildman–Crippen MR) is 83.9 cm³/mol. The molecular formula is C12H16N4O6S2. The van der Waals surface area contributed by atoms with Crippen molar-refractivity contribution in [3.05, 3.63) is 16.7 Å². The third-order valence-corrected chi connectivity index (χ3v) is 8.27. The summed E-state index contributed by atoms with van der Waals surface area (Å²) in [6.45, 7) is 0.958. The lowest BCUT2D eigenvalue weighted by atomic mass is 10.1. The monoisotopic (exact) mass is 376 g/mol. The average Bonchev–Trinajstić information content (AvgIpc) is 2.78. The largest absolute Gasteiger partial charge is 0.381 e. The molecule has 2 aromatic rings. The van der Waals surface area contributed by atoms with Crippen LogP contribution in [-0.4, -0.2) is 55.4 Å². The van der Waals surface area contributed by atoms with Gasteiger partial charge >= 0.3 is 14.6 Å². The SMILES string of the molecule is Cn1c(=O)n(C2CCOCC2)c2nc(S(=O)(=O)S(C)(=O)=O)ncc21. The maximum Gasteiger partial charge on any atom is 0.330 e. The van der Waals surface area contributed by atoms with Gasteiger partial charge < -0.3 is 4.74 Å². The molecule has 2 aromatic heterocycles.